The molecule has 0 radical (unpaired) electrons. The molecule has 8 heteroatoms. The van der Waals surface area contributed by atoms with Gasteiger partial charge in [0.2, 0.25) is 0 Å². The Hall–Kier alpha value is -1.86. The maximum absolute atomic E-state index is 12.8. The van der Waals surface area contributed by atoms with Crippen molar-refractivity contribution >= 4 is 18.2 Å². The lowest BCUT2D eigenvalue weighted by molar-refractivity contribution is -0.148. The van der Waals surface area contributed by atoms with E-state index < -0.39 is 43.9 Å². The first-order chi connectivity index (χ1) is 7.97. The SMILES string of the molecule is C=C(F)COC(=O)C(F)/N=C/COC(=O)CF. The van der Waals surface area contributed by atoms with Crippen molar-refractivity contribution in [1.82, 2.24) is 0 Å². The molecule has 0 aliphatic rings. The number of ether oxygens (including phenoxy) is 2. The maximum Gasteiger partial charge on any atom is 0.364 e. The summed E-state index contributed by atoms with van der Waals surface area (Å²) in [6.07, 6.45) is -1.61. The molecule has 0 aliphatic carbocycles. The van der Waals surface area contributed by atoms with Gasteiger partial charge in [0.15, 0.2) is 6.67 Å². The molecule has 0 saturated heterocycles. The Morgan fingerprint density at radius 1 is 1.41 bits per heavy atom. The Morgan fingerprint density at radius 2 is 2.06 bits per heavy atom. The number of halogens is 3. The topological polar surface area (TPSA) is 65.0 Å². The summed E-state index contributed by atoms with van der Waals surface area (Å²) in [5.74, 6) is -3.48. The molecule has 0 aliphatic heterocycles. The molecule has 1 unspecified atom stereocenters. The van der Waals surface area contributed by atoms with Gasteiger partial charge in [0, 0.05) is 6.21 Å². The third-order valence-electron chi connectivity index (χ3n) is 1.23. The summed E-state index contributed by atoms with van der Waals surface area (Å²) in [7, 11) is 0. The predicted molar refractivity (Wildman–Crippen MR) is 51.5 cm³/mol. The number of nitrogens with zero attached hydrogens (tertiary/aromatic N) is 1. The van der Waals surface area contributed by atoms with E-state index in [1.807, 2.05) is 0 Å². The number of rotatable bonds is 7. The molecule has 0 rings (SSSR count). The minimum atomic E-state index is -2.36. The lowest BCUT2D eigenvalue weighted by atomic mass is 10.6. The zero-order valence-electron chi connectivity index (χ0n) is 8.70. The Morgan fingerprint density at radius 3 is 2.59 bits per heavy atom. The molecule has 0 bridgehead atoms. The Bertz CT molecular complexity index is 319. The molecule has 0 N–H and O–H groups in total. The van der Waals surface area contributed by atoms with Crippen LogP contribution in [0.15, 0.2) is 17.4 Å². The second-order valence-corrected chi connectivity index (χ2v) is 2.61. The van der Waals surface area contributed by atoms with Gasteiger partial charge in [-0.05, 0) is 0 Å². The van der Waals surface area contributed by atoms with E-state index in [1.54, 1.807) is 0 Å². The van der Waals surface area contributed by atoms with Crippen LogP contribution in [0.1, 0.15) is 0 Å². The lowest BCUT2D eigenvalue weighted by Gasteiger charge is -2.03. The number of carbonyl (C=O) groups excluding carboxylic acids is 2. The van der Waals surface area contributed by atoms with Crippen LogP contribution in [-0.2, 0) is 19.1 Å². The van der Waals surface area contributed by atoms with Gasteiger partial charge in [-0.1, -0.05) is 6.58 Å². The second kappa shape index (κ2) is 8.31. The van der Waals surface area contributed by atoms with Gasteiger partial charge in [-0.25, -0.2) is 27.8 Å². The number of alkyl halides is 2. The fourth-order valence-corrected chi connectivity index (χ4v) is 0.583. The van der Waals surface area contributed by atoms with E-state index in [0.29, 0.717) is 0 Å². The quantitative estimate of drug-likeness (QED) is 0.384. The molecule has 0 saturated carbocycles. The van der Waals surface area contributed by atoms with Crippen molar-refractivity contribution in [2.45, 2.75) is 6.30 Å². The van der Waals surface area contributed by atoms with E-state index in [2.05, 4.69) is 21.0 Å². The van der Waals surface area contributed by atoms with Crippen molar-refractivity contribution in [3.05, 3.63) is 12.4 Å². The highest BCUT2D eigenvalue weighted by Crippen LogP contribution is 1.99. The highest BCUT2D eigenvalue weighted by atomic mass is 19.1. The predicted octanol–water partition coefficient (Wildman–Crippen LogP) is 0.892. The monoisotopic (exact) mass is 253 g/mol. The van der Waals surface area contributed by atoms with Crippen LogP contribution in [0.25, 0.3) is 0 Å². The molecule has 0 spiro atoms. The number of aliphatic imine (C=N–C) groups is 1. The molecule has 17 heavy (non-hydrogen) atoms. The van der Waals surface area contributed by atoms with Crippen LogP contribution < -0.4 is 0 Å². The first-order valence-electron chi connectivity index (χ1n) is 4.34. The Kier molecular flexibility index (Phi) is 7.40. The minimum absolute atomic E-state index is 0.480. The van der Waals surface area contributed by atoms with E-state index in [1.165, 1.54) is 0 Å². The molecule has 96 valence electrons. The van der Waals surface area contributed by atoms with Crippen LogP contribution >= 0.6 is 0 Å². The van der Waals surface area contributed by atoms with Crippen LogP contribution in [0, 0.1) is 0 Å². The van der Waals surface area contributed by atoms with Gasteiger partial charge in [0.05, 0.1) is 0 Å². The second-order valence-electron chi connectivity index (χ2n) is 2.61. The number of carbonyl (C=O) groups is 2. The van der Waals surface area contributed by atoms with Crippen molar-refractivity contribution in [2.75, 3.05) is 19.9 Å². The highest BCUT2D eigenvalue weighted by molar-refractivity contribution is 5.77. The van der Waals surface area contributed by atoms with Gasteiger partial charge in [-0.2, -0.15) is 0 Å². The zero-order valence-corrected chi connectivity index (χ0v) is 8.70. The molecule has 0 fully saturated rings. The summed E-state index contributed by atoms with van der Waals surface area (Å²) in [6.45, 7) is 0.243. The van der Waals surface area contributed by atoms with Gasteiger partial charge in [0.1, 0.15) is 19.0 Å². The summed E-state index contributed by atoms with van der Waals surface area (Å²) in [4.78, 5) is 24.0. The van der Waals surface area contributed by atoms with Gasteiger partial charge in [0.25, 0.3) is 6.30 Å². The fraction of sp³-hybridized carbons (Fsp3) is 0.444. The van der Waals surface area contributed by atoms with E-state index in [4.69, 9.17) is 0 Å². The molecule has 0 amide bonds. The summed E-state index contributed by atoms with van der Waals surface area (Å²) in [5.41, 5.74) is 0. The van der Waals surface area contributed by atoms with Crippen LogP contribution in [0.5, 0.6) is 0 Å². The largest absolute Gasteiger partial charge is 0.458 e. The molecule has 1 atom stereocenters. The van der Waals surface area contributed by atoms with Crippen LogP contribution in [-0.4, -0.2) is 44.3 Å². The molecule has 0 heterocycles. The van der Waals surface area contributed by atoms with E-state index in [0.717, 1.165) is 6.21 Å². The molecule has 0 aromatic carbocycles. The van der Waals surface area contributed by atoms with Crippen LogP contribution in [0.2, 0.25) is 0 Å². The summed E-state index contributed by atoms with van der Waals surface area (Å²) in [6, 6.07) is 0. The van der Waals surface area contributed by atoms with Crippen LogP contribution in [0.3, 0.4) is 0 Å². The van der Waals surface area contributed by atoms with E-state index in [-0.39, 0.29) is 0 Å². The molecular formula is C9H10F3NO4. The third kappa shape index (κ3) is 8.00. The summed E-state index contributed by atoms with van der Waals surface area (Å²) in [5, 5.41) is 0. The summed E-state index contributed by atoms with van der Waals surface area (Å²) < 4.78 is 44.7. The Balaban J connectivity index is 3.86. The van der Waals surface area contributed by atoms with Gasteiger partial charge in [-0.15, -0.1) is 0 Å². The van der Waals surface area contributed by atoms with Crippen molar-refractivity contribution in [2.24, 2.45) is 4.99 Å². The van der Waals surface area contributed by atoms with Crippen molar-refractivity contribution in [3.8, 4) is 0 Å². The Labute approximate surface area is 94.9 Å². The van der Waals surface area contributed by atoms with Gasteiger partial charge < -0.3 is 9.47 Å². The minimum Gasteiger partial charge on any atom is -0.458 e. The average molecular weight is 253 g/mol. The highest BCUT2D eigenvalue weighted by Gasteiger charge is 2.16. The number of hydrogen-bond donors (Lipinski definition) is 0. The molecule has 0 aromatic heterocycles. The van der Waals surface area contributed by atoms with E-state index >= 15 is 0 Å². The average Bonchev–Trinajstić information content (AvgIpc) is 2.30. The van der Waals surface area contributed by atoms with Crippen molar-refractivity contribution in [3.63, 3.8) is 0 Å². The van der Waals surface area contributed by atoms with Gasteiger partial charge in [-0.3, -0.25) is 0 Å². The molecular weight excluding hydrogens is 243 g/mol. The fourth-order valence-electron chi connectivity index (χ4n) is 0.583. The standard InChI is InChI=1S/C9H10F3NO4/c1-6(11)5-17-9(15)8(12)13-2-3-16-7(14)4-10/h2,8H,1,3-5H2/b13-2+. The van der Waals surface area contributed by atoms with Crippen LogP contribution in [0.4, 0.5) is 13.2 Å². The zero-order chi connectivity index (χ0) is 13.3. The normalized spacial score (nSPS) is 12.2. The van der Waals surface area contributed by atoms with Gasteiger partial charge >= 0.3 is 11.9 Å². The summed E-state index contributed by atoms with van der Waals surface area (Å²) >= 11 is 0. The molecule has 0 aromatic rings. The third-order valence-corrected chi connectivity index (χ3v) is 1.23. The lowest BCUT2D eigenvalue weighted by Crippen LogP contribution is -2.18. The number of esters is 2. The van der Waals surface area contributed by atoms with E-state index in [9.17, 15) is 22.8 Å². The maximum atomic E-state index is 12.8. The first kappa shape index (κ1) is 15.1. The van der Waals surface area contributed by atoms with Crippen molar-refractivity contribution in [1.29, 1.82) is 0 Å². The number of hydrogen-bond acceptors (Lipinski definition) is 5. The molecule has 5 nitrogen and oxygen atoms in total. The first-order valence-corrected chi connectivity index (χ1v) is 4.34. The smallest absolute Gasteiger partial charge is 0.364 e. The van der Waals surface area contributed by atoms with Crippen molar-refractivity contribution < 1.29 is 32.2 Å².